The lowest BCUT2D eigenvalue weighted by Gasteiger charge is -2.40. The molecule has 0 aromatic carbocycles. The van der Waals surface area contributed by atoms with Gasteiger partial charge in [-0.05, 0) is 108 Å². The number of nitrogens with one attached hydrogen (secondary N) is 1. The zero-order valence-corrected chi connectivity index (χ0v) is 34.3. The lowest BCUT2D eigenvalue weighted by Crippen LogP contribution is -2.61. The monoisotopic (exact) mass is 808 g/mol. The molecule has 1 rings (SSSR count). The standard InChI is InChI=1S/C50H52N2O8/c1-3-5-7-9-11-13-15-17-18-19-20-21-22-23-24-25-26-27-29-31-33-35-37-39-45(54)52-42(41-59-50-49(58)48(57)47(56)44(40-51)60-50)46(55)43(53)38-36-34-32-30-28-16-14-12-10-8-6-4-2/h42-44,46-50,53,55-58H,4,6,8,10,12,14,16,28,30,32,34,36,38,40-41,51H2,1-2H3,(H,52,54)/t42-,43+,44?,46-,47-,48?,49-,50-/m0/s1. The lowest BCUT2D eigenvalue weighted by molar-refractivity contribution is -0.296. The van der Waals surface area contributed by atoms with E-state index >= 15 is 0 Å². The normalized spacial score (nSPS) is 17.8. The van der Waals surface area contributed by atoms with Gasteiger partial charge in [0.25, 0.3) is 5.91 Å². The van der Waals surface area contributed by atoms with E-state index in [0.717, 1.165) is 19.3 Å². The first-order valence-corrected chi connectivity index (χ1v) is 19.9. The van der Waals surface area contributed by atoms with Gasteiger partial charge >= 0.3 is 0 Å². The van der Waals surface area contributed by atoms with Crippen LogP contribution >= 0.6 is 0 Å². The fourth-order valence-electron chi connectivity index (χ4n) is 5.29. The van der Waals surface area contributed by atoms with Crippen LogP contribution in [0.15, 0.2) is 0 Å². The molecule has 0 aliphatic carbocycles. The third kappa shape index (κ3) is 26.0. The van der Waals surface area contributed by atoms with Gasteiger partial charge in [-0.3, -0.25) is 4.79 Å². The molecule has 1 fully saturated rings. The molecule has 8 atom stereocenters. The predicted molar refractivity (Wildman–Crippen MR) is 230 cm³/mol. The Balaban J connectivity index is 2.73. The van der Waals surface area contributed by atoms with Gasteiger partial charge < -0.3 is 46.1 Å². The minimum Gasteiger partial charge on any atom is -0.390 e. The summed E-state index contributed by atoms with van der Waals surface area (Å²) in [6.45, 7) is 3.28. The van der Waals surface area contributed by atoms with Crippen LogP contribution < -0.4 is 11.1 Å². The molecule has 1 heterocycles. The molecule has 0 saturated carbocycles. The molecule has 2 unspecified atom stereocenters. The minimum atomic E-state index is -1.65. The Morgan fingerprint density at radius 3 is 1.42 bits per heavy atom. The quantitative estimate of drug-likeness (QED) is 0.0703. The van der Waals surface area contributed by atoms with Crippen LogP contribution in [-0.2, 0) is 14.3 Å². The molecule has 10 heteroatoms. The van der Waals surface area contributed by atoms with E-state index in [2.05, 4.69) is 154 Å². The average molecular weight is 809 g/mol. The number of hydrogen-bond acceptors (Lipinski definition) is 9. The van der Waals surface area contributed by atoms with Crippen molar-refractivity contribution >= 4 is 5.91 Å². The van der Waals surface area contributed by atoms with Crippen molar-refractivity contribution in [2.75, 3.05) is 13.2 Å². The highest BCUT2D eigenvalue weighted by molar-refractivity contribution is 5.94. The first kappa shape index (κ1) is 51.9. The Labute approximate surface area is 357 Å². The molecule has 1 aliphatic heterocycles. The van der Waals surface area contributed by atoms with Crippen molar-refractivity contribution in [3.63, 3.8) is 0 Å². The molecule has 0 radical (unpaired) electrons. The molecule has 0 bridgehead atoms. The van der Waals surface area contributed by atoms with Crippen LogP contribution in [0, 0.1) is 142 Å². The minimum absolute atomic E-state index is 0.168. The lowest BCUT2D eigenvalue weighted by atomic mass is 9.98. The first-order chi connectivity index (χ1) is 29.3. The van der Waals surface area contributed by atoms with E-state index in [1.165, 1.54) is 51.4 Å². The summed E-state index contributed by atoms with van der Waals surface area (Å²) in [7, 11) is 0. The predicted octanol–water partition coefficient (Wildman–Crippen LogP) is 1.13. The molecule has 310 valence electrons. The summed E-state index contributed by atoms with van der Waals surface area (Å²) in [5, 5.41) is 55.1. The smallest absolute Gasteiger partial charge is 0.297 e. The number of ether oxygens (including phenoxy) is 2. The van der Waals surface area contributed by atoms with Crippen LogP contribution in [0.4, 0.5) is 0 Å². The van der Waals surface area contributed by atoms with Gasteiger partial charge in [-0.1, -0.05) is 89.9 Å². The summed E-state index contributed by atoms with van der Waals surface area (Å²) in [6.07, 6.45) is 4.18. The second kappa shape index (κ2) is 36.0. The SMILES string of the molecule is CC#CC#CC#CC#CC#CC#CC#CC#CC#CC#CC#CC#CC(=O)N[C@@H](CO[C@H]1OC(CN)[C@H](O)C(O)[C@@H]1O)[C@H](O)[C@H](O)CCCCCCCCCCCCCC. The Hall–Kier alpha value is -6.13. The second-order valence-corrected chi connectivity index (χ2v) is 13.0. The Morgan fingerprint density at radius 2 is 1.00 bits per heavy atom. The fourth-order valence-corrected chi connectivity index (χ4v) is 5.29. The first-order valence-electron chi connectivity index (χ1n) is 19.9. The number of unbranched alkanes of at least 4 members (excludes halogenated alkanes) is 11. The van der Waals surface area contributed by atoms with E-state index in [1.54, 1.807) is 6.92 Å². The molecular weight excluding hydrogens is 757 g/mol. The maximum absolute atomic E-state index is 12.7. The Bertz CT molecular complexity index is 2140. The number of aliphatic hydroxyl groups excluding tert-OH is 5. The number of aliphatic hydroxyl groups is 5. The molecule has 1 saturated heterocycles. The van der Waals surface area contributed by atoms with E-state index in [9.17, 15) is 30.3 Å². The summed E-state index contributed by atoms with van der Waals surface area (Å²) in [4.78, 5) is 12.7. The van der Waals surface area contributed by atoms with Crippen molar-refractivity contribution in [3.8, 4) is 142 Å². The highest BCUT2D eigenvalue weighted by Crippen LogP contribution is 2.22. The summed E-state index contributed by atoms with van der Waals surface area (Å²) >= 11 is 0. The Morgan fingerprint density at radius 1 is 0.600 bits per heavy atom. The summed E-state index contributed by atoms with van der Waals surface area (Å²) in [5.74, 6) is 58.6. The van der Waals surface area contributed by atoms with Crippen LogP contribution in [0.5, 0.6) is 0 Å². The van der Waals surface area contributed by atoms with Gasteiger partial charge in [-0.15, -0.1) is 0 Å². The number of amides is 1. The van der Waals surface area contributed by atoms with Crippen molar-refractivity contribution in [1.29, 1.82) is 0 Å². The molecule has 0 spiro atoms. The van der Waals surface area contributed by atoms with Gasteiger partial charge in [0.15, 0.2) is 6.29 Å². The van der Waals surface area contributed by atoms with Crippen molar-refractivity contribution in [1.82, 2.24) is 5.32 Å². The van der Waals surface area contributed by atoms with Gasteiger partial charge in [0.2, 0.25) is 0 Å². The van der Waals surface area contributed by atoms with Crippen LogP contribution in [0.3, 0.4) is 0 Å². The molecule has 0 aromatic heterocycles. The van der Waals surface area contributed by atoms with Crippen LogP contribution in [0.1, 0.15) is 97.3 Å². The van der Waals surface area contributed by atoms with Gasteiger partial charge in [-0.2, -0.15) is 0 Å². The molecular formula is C50H52N2O8. The molecule has 1 aliphatic rings. The van der Waals surface area contributed by atoms with Gasteiger partial charge in [0.1, 0.15) is 30.5 Å². The molecule has 8 N–H and O–H groups in total. The average Bonchev–Trinajstić information content (AvgIpc) is 3.25. The number of hydrogen-bond donors (Lipinski definition) is 7. The summed E-state index contributed by atoms with van der Waals surface area (Å²) in [6, 6.07) is -1.20. The second-order valence-electron chi connectivity index (χ2n) is 13.0. The van der Waals surface area contributed by atoms with E-state index in [0.29, 0.717) is 6.42 Å². The topological polar surface area (TPSA) is 175 Å². The van der Waals surface area contributed by atoms with Crippen LogP contribution in [-0.4, -0.2) is 93.5 Å². The van der Waals surface area contributed by atoms with Gasteiger partial charge in [0.05, 0.1) is 18.8 Å². The molecule has 0 aromatic rings. The molecule has 1 amide bonds. The number of nitrogens with two attached hydrogens (primary N) is 1. The van der Waals surface area contributed by atoms with E-state index in [-0.39, 0.29) is 13.0 Å². The Kier molecular flexibility index (Phi) is 31.1. The van der Waals surface area contributed by atoms with Crippen molar-refractivity contribution in [2.24, 2.45) is 5.73 Å². The van der Waals surface area contributed by atoms with E-state index in [1.807, 2.05) is 0 Å². The summed E-state index contributed by atoms with van der Waals surface area (Å²) < 4.78 is 11.1. The van der Waals surface area contributed by atoms with Crippen molar-refractivity contribution in [2.45, 2.75) is 146 Å². The third-order valence-corrected chi connectivity index (χ3v) is 8.43. The number of carbonyl (C=O) groups excluding carboxylic acids is 1. The fraction of sp³-hybridized carbons (Fsp3) is 0.500. The van der Waals surface area contributed by atoms with Crippen LogP contribution in [0.25, 0.3) is 0 Å². The maximum Gasteiger partial charge on any atom is 0.297 e. The third-order valence-electron chi connectivity index (χ3n) is 8.43. The molecule has 10 nitrogen and oxygen atoms in total. The van der Waals surface area contributed by atoms with Crippen molar-refractivity contribution < 1.29 is 39.8 Å². The molecule has 60 heavy (non-hydrogen) atoms. The largest absolute Gasteiger partial charge is 0.390 e. The van der Waals surface area contributed by atoms with Crippen molar-refractivity contribution in [3.05, 3.63) is 0 Å². The van der Waals surface area contributed by atoms with Crippen LogP contribution in [0.2, 0.25) is 0 Å². The van der Waals surface area contributed by atoms with E-state index < -0.39 is 61.5 Å². The van der Waals surface area contributed by atoms with Gasteiger partial charge in [-0.25, -0.2) is 0 Å². The highest BCUT2D eigenvalue weighted by atomic mass is 16.7. The van der Waals surface area contributed by atoms with Gasteiger partial charge in [0, 0.05) is 48.0 Å². The number of rotatable bonds is 20. The zero-order chi connectivity index (χ0) is 43.9. The highest BCUT2D eigenvalue weighted by Gasteiger charge is 2.44. The van der Waals surface area contributed by atoms with E-state index in [4.69, 9.17) is 15.2 Å². The summed E-state index contributed by atoms with van der Waals surface area (Å²) in [5.41, 5.74) is 5.61. The maximum atomic E-state index is 12.7. The zero-order valence-electron chi connectivity index (χ0n) is 34.3. The number of carbonyl (C=O) groups is 1.